The molecular formula is C15H20BrFN2O5S. The fourth-order valence-electron chi connectivity index (χ4n) is 3.11. The largest absolute Gasteiger partial charge is 0.465 e. The summed E-state index contributed by atoms with van der Waals surface area (Å²) in [5, 5.41) is 19.2. The molecule has 1 aliphatic heterocycles. The Hall–Kier alpha value is -1.20. The summed E-state index contributed by atoms with van der Waals surface area (Å²) < 4.78 is 36.3. The number of halogens is 2. The number of amidine groups is 1. The van der Waals surface area contributed by atoms with Crippen LogP contribution in [0.5, 0.6) is 0 Å². The molecule has 2 rings (SSSR count). The summed E-state index contributed by atoms with van der Waals surface area (Å²) in [7, 11) is -3.33. The van der Waals surface area contributed by atoms with Gasteiger partial charge in [0.15, 0.2) is 0 Å². The molecule has 1 aromatic carbocycles. The first kappa shape index (κ1) is 20.1. The molecule has 5 N–H and O–H groups in total. The van der Waals surface area contributed by atoms with Crippen molar-refractivity contribution >= 4 is 38.4 Å². The Labute approximate surface area is 154 Å². The molecule has 0 aliphatic carbocycles. The fourth-order valence-corrected chi connectivity index (χ4v) is 5.67. The number of aliphatic imine (C=N–C) groups is 1. The third kappa shape index (κ3) is 4.32. The van der Waals surface area contributed by atoms with Crippen molar-refractivity contribution in [2.45, 2.75) is 30.6 Å². The van der Waals surface area contributed by atoms with E-state index in [2.05, 4.69) is 26.2 Å². The molecule has 25 heavy (non-hydrogen) atoms. The molecule has 0 radical (unpaired) electrons. The van der Waals surface area contributed by atoms with Gasteiger partial charge in [-0.1, -0.05) is 15.9 Å². The van der Waals surface area contributed by atoms with Crippen molar-refractivity contribution < 1.29 is 28.5 Å². The lowest BCUT2D eigenvalue weighted by molar-refractivity contribution is 0.200. The lowest BCUT2D eigenvalue weighted by Gasteiger charge is -2.51. The second-order valence-corrected chi connectivity index (χ2v) is 9.18. The van der Waals surface area contributed by atoms with Crippen LogP contribution in [0.15, 0.2) is 27.7 Å². The predicted octanol–water partition coefficient (Wildman–Crippen LogP) is 3.37. The number of carboxylic acid groups (broad SMARTS) is 1. The zero-order valence-electron chi connectivity index (χ0n) is 13.4. The fraction of sp³-hybridized carbons (Fsp3) is 0.467. The molecule has 10 heteroatoms. The molecule has 0 aromatic heterocycles. The molecule has 0 fully saturated rings. The second-order valence-electron chi connectivity index (χ2n) is 5.98. The number of nitrogens with zero attached hydrogens (tertiary/aromatic N) is 1. The van der Waals surface area contributed by atoms with Gasteiger partial charge in [0, 0.05) is 16.6 Å². The number of hydrogen-bond donors (Lipinski definition) is 5. The van der Waals surface area contributed by atoms with Crippen molar-refractivity contribution in [3.63, 3.8) is 0 Å². The summed E-state index contributed by atoms with van der Waals surface area (Å²) in [6, 6.07) is 4.23. The summed E-state index contributed by atoms with van der Waals surface area (Å²) in [5.41, 5.74) is -1.29. The predicted molar refractivity (Wildman–Crippen MR) is 97.9 cm³/mol. The van der Waals surface area contributed by atoms with Crippen LogP contribution in [0.1, 0.15) is 25.3 Å². The Morgan fingerprint density at radius 1 is 1.52 bits per heavy atom. The van der Waals surface area contributed by atoms with Crippen LogP contribution >= 0.6 is 26.5 Å². The monoisotopic (exact) mass is 438 g/mol. The summed E-state index contributed by atoms with van der Waals surface area (Å²) >= 11 is 3.26. The number of aliphatic hydroxyl groups excluding tert-OH is 1. The van der Waals surface area contributed by atoms with Gasteiger partial charge in [-0.15, -0.1) is 0 Å². The molecule has 1 heterocycles. The first-order valence-corrected chi connectivity index (χ1v) is 10.1. The highest BCUT2D eigenvalue weighted by Crippen LogP contribution is 2.57. The molecule has 1 amide bonds. The number of benzene rings is 1. The minimum absolute atomic E-state index is 0.120. The van der Waals surface area contributed by atoms with E-state index < -0.39 is 33.3 Å². The lowest BCUT2D eigenvalue weighted by atomic mass is 9.86. The van der Waals surface area contributed by atoms with E-state index in [1.54, 1.807) is 0 Å². The Morgan fingerprint density at radius 3 is 2.80 bits per heavy atom. The van der Waals surface area contributed by atoms with Crippen molar-refractivity contribution in [3.05, 3.63) is 34.1 Å². The van der Waals surface area contributed by atoms with E-state index in [0.717, 1.165) is 0 Å². The van der Waals surface area contributed by atoms with Gasteiger partial charge in [-0.2, -0.15) is 10.6 Å². The molecule has 0 saturated heterocycles. The summed E-state index contributed by atoms with van der Waals surface area (Å²) in [6.45, 7) is 1.38. The van der Waals surface area contributed by atoms with Gasteiger partial charge < -0.3 is 10.2 Å². The van der Waals surface area contributed by atoms with Crippen molar-refractivity contribution in [2.75, 3.05) is 12.4 Å². The van der Waals surface area contributed by atoms with E-state index >= 15 is 0 Å². The third-order valence-electron chi connectivity index (χ3n) is 4.15. The zero-order chi connectivity index (χ0) is 18.8. The number of nitrogens with one attached hydrogen (secondary N) is 1. The van der Waals surface area contributed by atoms with Crippen LogP contribution in [0.3, 0.4) is 0 Å². The standard InChI is InChI=1S/C15H20BrFN2O5S/c1-15(10-7-9(16)4-5-11(10)17)12(3-2-6-20)25(23,24)8-13(19-15)18-14(21)22/h4-5,7,12,20,23-24H,2-3,6,8H2,1H3,(H,18,19)(H,21,22)/t12-,15-/m1/s1. The number of aliphatic hydroxyl groups is 1. The molecule has 140 valence electrons. The van der Waals surface area contributed by atoms with Crippen molar-refractivity contribution in [3.8, 4) is 0 Å². The van der Waals surface area contributed by atoms with Gasteiger partial charge >= 0.3 is 6.09 Å². The normalized spacial score (nSPS) is 26.6. The maximum atomic E-state index is 14.5. The van der Waals surface area contributed by atoms with Crippen molar-refractivity contribution in [2.24, 2.45) is 4.99 Å². The first-order valence-electron chi connectivity index (χ1n) is 7.50. The molecule has 7 nitrogen and oxygen atoms in total. The highest BCUT2D eigenvalue weighted by molar-refractivity contribution is 9.10. The number of rotatable bonds is 4. The van der Waals surface area contributed by atoms with Crippen molar-refractivity contribution in [1.82, 2.24) is 5.32 Å². The molecule has 1 aliphatic rings. The van der Waals surface area contributed by atoms with E-state index in [1.165, 1.54) is 25.1 Å². The summed E-state index contributed by atoms with van der Waals surface area (Å²) in [5.74, 6) is -1.08. The summed E-state index contributed by atoms with van der Waals surface area (Å²) in [6.07, 6.45) is -0.909. The molecular weight excluding hydrogens is 419 g/mol. The van der Waals surface area contributed by atoms with Gasteiger partial charge in [-0.3, -0.25) is 19.4 Å². The molecule has 0 spiro atoms. The minimum atomic E-state index is -3.33. The van der Waals surface area contributed by atoms with Crippen LogP contribution in [-0.4, -0.2) is 48.9 Å². The average Bonchev–Trinajstić information content (AvgIpc) is 2.47. The Balaban J connectivity index is 2.62. The minimum Gasteiger partial charge on any atom is -0.465 e. The Kier molecular flexibility index (Phi) is 6.10. The molecule has 1 aromatic rings. The average molecular weight is 439 g/mol. The molecule has 0 saturated carbocycles. The maximum Gasteiger partial charge on any atom is 0.410 e. The number of amides is 1. The van der Waals surface area contributed by atoms with Gasteiger partial charge in [0.05, 0.1) is 11.0 Å². The number of hydrogen-bond acceptors (Lipinski definition) is 5. The Morgan fingerprint density at radius 2 is 2.20 bits per heavy atom. The molecule has 0 bridgehead atoms. The van der Waals surface area contributed by atoms with Crippen LogP contribution in [-0.2, 0) is 5.54 Å². The van der Waals surface area contributed by atoms with E-state index in [-0.39, 0.29) is 36.6 Å². The van der Waals surface area contributed by atoms with Gasteiger partial charge in [-0.05, 0) is 38.0 Å². The van der Waals surface area contributed by atoms with E-state index in [9.17, 15) is 18.3 Å². The van der Waals surface area contributed by atoms with Gasteiger partial charge in [0.2, 0.25) is 0 Å². The Bertz CT molecular complexity index is 702. The van der Waals surface area contributed by atoms with Crippen LogP contribution in [0.25, 0.3) is 0 Å². The van der Waals surface area contributed by atoms with Crippen LogP contribution in [0.2, 0.25) is 0 Å². The SMILES string of the molecule is C[C@]1(c2cc(Br)ccc2F)N=C(NC(=O)O)CS(O)(O)[C@@H]1CCCO. The highest BCUT2D eigenvalue weighted by Gasteiger charge is 2.49. The van der Waals surface area contributed by atoms with Crippen molar-refractivity contribution in [1.29, 1.82) is 0 Å². The maximum absolute atomic E-state index is 14.5. The lowest BCUT2D eigenvalue weighted by Crippen LogP contribution is -2.49. The topological polar surface area (TPSA) is 122 Å². The second kappa shape index (κ2) is 7.58. The van der Waals surface area contributed by atoms with Crippen LogP contribution < -0.4 is 5.32 Å². The summed E-state index contributed by atoms with van der Waals surface area (Å²) in [4.78, 5) is 15.3. The van der Waals surface area contributed by atoms with E-state index in [1.807, 2.05) is 0 Å². The van der Waals surface area contributed by atoms with Gasteiger partial charge in [0.25, 0.3) is 0 Å². The third-order valence-corrected chi connectivity index (χ3v) is 6.95. The number of carbonyl (C=O) groups is 1. The molecule has 0 unspecified atom stereocenters. The van der Waals surface area contributed by atoms with E-state index in [0.29, 0.717) is 4.47 Å². The quantitative estimate of drug-likeness (QED) is 0.493. The molecule has 2 atom stereocenters. The van der Waals surface area contributed by atoms with Gasteiger partial charge in [0.1, 0.15) is 17.2 Å². The van der Waals surface area contributed by atoms with Gasteiger partial charge in [-0.25, -0.2) is 9.18 Å². The van der Waals surface area contributed by atoms with E-state index in [4.69, 9.17) is 10.2 Å². The zero-order valence-corrected chi connectivity index (χ0v) is 15.8. The first-order chi connectivity index (χ1) is 11.6. The van der Waals surface area contributed by atoms with Crippen LogP contribution in [0.4, 0.5) is 9.18 Å². The van der Waals surface area contributed by atoms with Crippen LogP contribution in [0, 0.1) is 5.82 Å². The smallest absolute Gasteiger partial charge is 0.410 e. The highest BCUT2D eigenvalue weighted by atomic mass is 79.9.